The first-order chi connectivity index (χ1) is 9.61. The van der Waals surface area contributed by atoms with E-state index >= 15 is 0 Å². The maximum Gasteiger partial charge on any atom is 0.231 e. The summed E-state index contributed by atoms with van der Waals surface area (Å²) < 4.78 is 10.5. The Bertz CT molecular complexity index is 532. The number of fused-ring (bicyclic) bond motifs is 1. The number of phenolic OH excluding ortho intramolecular Hbond substituents is 1. The van der Waals surface area contributed by atoms with Gasteiger partial charge >= 0.3 is 0 Å². The molecular formula is C14H18N2O4. The van der Waals surface area contributed by atoms with Crippen molar-refractivity contribution < 1.29 is 19.4 Å². The van der Waals surface area contributed by atoms with Gasteiger partial charge in [0.2, 0.25) is 12.7 Å². The van der Waals surface area contributed by atoms with Crippen LogP contribution in [0.1, 0.15) is 18.9 Å². The lowest BCUT2D eigenvalue weighted by atomic mass is 10.1. The van der Waals surface area contributed by atoms with Crippen LogP contribution in [-0.2, 0) is 11.3 Å². The molecule has 3 rings (SSSR count). The predicted octanol–water partition coefficient (Wildman–Crippen LogP) is 0.831. The second-order valence-electron chi connectivity index (χ2n) is 5.26. The SMILES string of the molecule is CC(=O)NC1CCN(Cc2cc3c(cc2O)OCO3)C1. The number of carbonyl (C=O) groups excluding carboxylic acids is 1. The molecule has 0 radical (unpaired) electrons. The molecule has 20 heavy (non-hydrogen) atoms. The normalized spacial score (nSPS) is 21.1. The highest BCUT2D eigenvalue weighted by atomic mass is 16.7. The highest BCUT2D eigenvalue weighted by Gasteiger charge is 2.25. The van der Waals surface area contributed by atoms with Gasteiger partial charge in [0.05, 0.1) is 0 Å². The van der Waals surface area contributed by atoms with Crippen molar-refractivity contribution in [2.75, 3.05) is 19.9 Å². The number of phenols is 1. The van der Waals surface area contributed by atoms with Crippen molar-refractivity contribution in [3.05, 3.63) is 17.7 Å². The van der Waals surface area contributed by atoms with Crippen molar-refractivity contribution >= 4 is 5.91 Å². The number of benzene rings is 1. The minimum absolute atomic E-state index is 0.00257. The Labute approximate surface area is 117 Å². The maximum absolute atomic E-state index is 11.0. The lowest BCUT2D eigenvalue weighted by Gasteiger charge is -2.17. The highest BCUT2D eigenvalue weighted by Crippen LogP contribution is 2.38. The zero-order chi connectivity index (χ0) is 14.1. The van der Waals surface area contributed by atoms with E-state index in [2.05, 4.69) is 10.2 Å². The smallest absolute Gasteiger partial charge is 0.231 e. The summed E-state index contributed by atoms with van der Waals surface area (Å²) in [5.74, 6) is 1.49. The molecular weight excluding hydrogens is 260 g/mol. The molecule has 108 valence electrons. The molecule has 0 bridgehead atoms. The van der Waals surface area contributed by atoms with Crippen LogP contribution in [0.25, 0.3) is 0 Å². The molecule has 6 heteroatoms. The maximum atomic E-state index is 11.0. The van der Waals surface area contributed by atoms with Gasteiger partial charge in [-0.05, 0) is 12.5 Å². The monoisotopic (exact) mass is 278 g/mol. The fourth-order valence-electron chi connectivity index (χ4n) is 2.72. The summed E-state index contributed by atoms with van der Waals surface area (Å²) in [6.45, 7) is 4.07. The molecule has 1 unspecified atom stereocenters. The summed E-state index contributed by atoms with van der Waals surface area (Å²) in [5, 5.41) is 12.9. The first-order valence-electron chi connectivity index (χ1n) is 6.73. The summed E-state index contributed by atoms with van der Waals surface area (Å²) in [7, 11) is 0. The Balaban J connectivity index is 1.65. The number of nitrogens with one attached hydrogen (secondary N) is 1. The molecule has 1 atom stereocenters. The molecule has 1 amide bonds. The first kappa shape index (κ1) is 13.1. The van der Waals surface area contributed by atoms with Crippen molar-refractivity contribution in [3.63, 3.8) is 0 Å². The Morgan fingerprint density at radius 2 is 2.20 bits per heavy atom. The average Bonchev–Trinajstić information content (AvgIpc) is 2.98. The zero-order valence-electron chi connectivity index (χ0n) is 11.4. The van der Waals surface area contributed by atoms with Crippen molar-refractivity contribution in [3.8, 4) is 17.2 Å². The summed E-state index contributed by atoms with van der Waals surface area (Å²) in [6.07, 6.45) is 0.935. The number of likely N-dealkylation sites (tertiary alicyclic amines) is 1. The van der Waals surface area contributed by atoms with E-state index in [1.807, 2.05) is 6.07 Å². The van der Waals surface area contributed by atoms with Crippen molar-refractivity contribution in [1.29, 1.82) is 0 Å². The van der Waals surface area contributed by atoms with Gasteiger partial charge in [-0.1, -0.05) is 0 Å². The van der Waals surface area contributed by atoms with E-state index < -0.39 is 0 Å². The summed E-state index contributed by atoms with van der Waals surface area (Å²) in [4.78, 5) is 13.3. The van der Waals surface area contributed by atoms with Crippen LogP contribution in [0.4, 0.5) is 0 Å². The van der Waals surface area contributed by atoms with Gasteiger partial charge in [0.15, 0.2) is 11.5 Å². The van der Waals surface area contributed by atoms with Crippen LogP contribution < -0.4 is 14.8 Å². The van der Waals surface area contributed by atoms with Gasteiger partial charge in [0.1, 0.15) is 5.75 Å². The summed E-state index contributed by atoms with van der Waals surface area (Å²) in [6, 6.07) is 3.62. The molecule has 2 aliphatic heterocycles. The molecule has 0 aliphatic carbocycles. The standard InChI is InChI=1S/C14H18N2O4/c1-9(17)15-11-2-3-16(7-11)6-10-4-13-14(5-12(10)18)20-8-19-13/h4-5,11,18H,2-3,6-8H2,1H3,(H,15,17). The van der Waals surface area contributed by atoms with Crippen LogP contribution >= 0.6 is 0 Å². The number of hydrogen-bond acceptors (Lipinski definition) is 5. The highest BCUT2D eigenvalue weighted by molar-refractivity contribution is 5.73. The Morgan fingerprint density at radius 1 is 1.45 bits per heavy atom. The first-order valence-corrected chi connectivity index (χ1v) is 6.73. The lowest BCUT2D eigenvalue weighted by Crippen LogP contribution is -2.35. The minimum atomic E-state index is 0.00257. The quantitative estimate of drug-likeness (QED) is 0.857. The van der Waals surface area contributed by atoms with Crippen LogP contribution in [0.2, 0.25) is 0 Å². The van der Waals surface area contributed by atoms with Crippen molar-refractivity contribution in [2.45, 2.75) is 25.9 Å². The van der Waals surface area contributed by atoms with Gasteiger partial charge < -0.3 is 19.9 Å². The Kier molecular flexibility index (Phi) is 3.40. The van der Waals surface area contributed by atoms with Crippen LogP contribution in [0.15, 0.2) is 12.1 Å². The van der Waals surface area contributed by atoms with E-state index in [-0.39, 0.29) is 24.5 Å². The molecule has 1 aromatic rings. The van der Waals surface area contributed by atoms with E-state index in [1.54, 1.807) is 6.07 Å². The van der Waals surface area contributed by atoms with Crippen molar-refractivity contribution in [2.24, 2.45) is 0 Å². The van der Waals surface area contributed by atoms with Gasteiger partial charge in [-0.3, -0.25) is 9.69 Å². The second-order valence-corrected chi connectivity index (χ2v) is 5.26. The van der Waals surface area contributed by atoms with Crippen LogP contribution in [0.5, 0.6) is 17.2 Å². The molecule has 2 aliphatic rings. The van der Waals surface area contributed by atoms with Gasteiger partial charge in [-0.2, -0.15) is 0 Å². The molecule has 0 spiro atoms. The molecule has 2 N–H and O–H groups in total. The third-order valence-electron chi connectivity index (χ3n) is 3.65. The number of carbonyl (C=O) groups is 1. The van der Waals surface area contributed by atoms with E-state index in [0.717, 1.165) is 25.1 Å². The number of amides is 1. The average molecular weight is 278 g/mol. The number of aromatic hydroxyl groups is 1. The molecule has 1 saturated heterocycles. The summed E-state index contributed by atoms with van der Waals surface area (Å²) >= 11 is 0. The lowest BCUT2D eigenvalue weighted by molar-refractivity contribution is -0.119. The zero-order valence-corrected chi connectivity index (χ0v) is 11.4. The number of hydrogen-bond donors (Lipinski definition) is 2. The molecule has 6 nitrogen and oxygen atoms in total. The second kappa shape index (κ2) is 5.20. The number of nitrogens with zero attached hydrogens (tertiary/aromatic N) is 1. The number of ether oxygens (including phenoxy) is 2. The topological polar surface area (TPSA) is 71.0 Å². The van der Waals surface area contributed by atoms with Gasteiger partial charge in [-0.15, -0.1) is 0 Å². The fourth-order valence-corrected chi connectivity index (χ4v) is 2.72. The third-order valence-corrected chi connectivity index (χ3v) is 3.65. The van der Waals surface area contributed by atoms with Crippen molar-refractivity contribution in [1.82, 2.24) is 10.2 Å². The molecule has 0 saturated carbocycles. The van der Waals surface area contributed by atoms with Crippen LogP contribution in [-0.4, -0.2) is 41.8 Å². The Hall–Kier alpha value is -1.95. The number of rotatable bonds is 3. The minimum Gasteiger partial charge on any atom is -0.507 e. The van der Waals surface area contributed by atoms with E-state index in [1.165, 1.54) is 6.92 Å². The molecule has 1 fully saturated rings. The largest absolute Gasteiger partial charge is 0.507 e. The summed E-state index contributed by atoms with van der Waals surface area (Å²) in [5.41, 5.74) is 0.817. The molecule has 0 aromatic heterocycles. The fraction of sp³-hybridized carbons (Fsp3) is 0.500. The van der Waals surface area contributed by atoms with Crippen LogP contribution in [0, 0.1) is 0 Å². The van der Waals surface area contributed by atoms with E-state index in [4.69, 9.17) is 9.47 Å². The van der Waals surface area contributed by atoms with Gasteiger partial charge in [0, 0.05) is 44.2 Å². The molecule has 2 heterocycles. The Morgan fingerprint density at radius 3 is 2.95 bits per heavy atom. The van der Waals surface area contributed by atoms with Gasteiger partial charge in [-0.25, -0.2) is 0 Å². The van der Waals surface area contributed by atoms with E-state index in [0.29, 0.717) is 18.0 Å². The van der Waals surface area contributed by atoms with Crippen LogP contribution in [0.3, 0.4) is 0 Å². The third kappa shape index (κ3) is 2.65. The molecule has 1 aromatic carbocycles. The van der Waals surface area contributed by atoms with E-state index in [9.17, 15) is 9.90 Å². The predicted molar refractivity (Wildman–Crippen MR) is 71.7 cm³/mol. The van der Waals surface area contributed by atoms with Gasteiger partial charge in [0.25, 0.3) is 0 Å².